The van der Waals surface area contributed by atoms with E-state index in [9.17, 15) is 14.3 Å². The molecule has 1 aromatic carbocycles. The average molecular weight is 279 g/mol. The summed E-state index contributed by atoms with van der Waals surface area (Å²) >= 11 is 0. The first-order chi connectivity index (χ1) is 9.45. The second-order valence-electron chi connectivity index (χ2n) is 6.06. The summed E-state index contributed by atoms with van der Waals surface area (Å²) in [6.07, 6.45) is 0.936. The minimum Gasteiger partial charge on any atom is -0.481 e. The monoisotopic (exact) mass is 279 g/mol. The largest absolute Gasteiger partial charge is 0.481 e. The molecule has 4 heteroatoms. The van der Waals surface area contributed by atoms with Gasteiger partial charge in [0.15, 0.2) is 0 Å². The molecule has 0 bridgehead atoms. The molecule has 0 amide bonds. The predicted octanol–water partition coefficient (Wildman–Crippen LogP) is 2.90. The Morgan fingerprint density at radius 1 is 1.35 bits per heavy atom. The summed E-state index contributed by atoms with van der Waals surface area (Å²) < 4.78 is 14.0. The number of hydrogen-bond acceptors (Lipinski definition) is 2. The lowest BCUT2D eigenvalue weighted by molar-refractivity contribution is -0.146. The lowest BCUT2D eigenvalue weighted by Gasteiger charge is -2.39. The molecular formula is C16H22FNO2. The fourth-order valence-corrected chi connectivity index (χ4v) is 3.08. The number of nitrogens with zero attached hydrogens (tertiary/aromatic N) is 1. The number of carbonyl (C=O) groups is 1. The van der Waals surface area contributed by atoms with Crippen molar-refractivity contribution in [1.82, 2.24) is 4.90 Å². The van der Waals surface area contributed by atoms with Gasteiger partial charge in [-0.1, -0.05) is 32.0 Å². The van der Waals surface area contributed by atoms with E-state index in [4.69, 9.17) is 0 Å². The van der Waals surface area contributed by atoms with E-state index in [-0.39, 0.29) is 0 Å². The molecule has 0 aromatic heterocycles. The van der Waals surface area contributed by atoms with Gasteiger partial charge in [-0.05, 0) is 37.9 Å². The molecule has 0 saturated carbocycles. The second-order valence-corrected chi connectivity index (χ2v) is 6.06. The van der Waals surface area contributed by atoms with E-state index < -0.39 is 17.2 Å². The predicted molar refractivity (Wildman–Crippen MR) is 76.2 cm³/mol. The van der Waals surface area contributed by atoms with E-state index in [0.29, 0.717) is 37.4 Å². The van der Waals surface area contributed by atoms with Crippen LogP contribution >= 0.6 is 0 Å². The SMILES string of the molecule is CC(C)CN1CCC(C(=O)O)(c2ccccc2F)CC1. The number of rotatable bonds is 4. The van der Waals surface area contributed by atoms with Gasteiger partial charge in [-0.15, -0.1) is 0 Å². The molecule has 2 rings (SSSR count). The third kappa shape index (κ3) is 2.85. The van der Waals surface area contributed by atoms with Crippen LogP contribution in [-0.2, 0) is 10.2 Å². The lowest BCUT2D eigenvalue weighted by atomic mass is 9.72. The fourth-order valence-electron chi connectivity index (χ4n) is 3.08. The minimum atomic E-state index is -1.07. The number of aliphatic carboxylic acids is 1. The zero-order chi connectivity index (χ0) is 14.8. The maximum atomic E-state index is 14.0. The van der Waals surface area contributed by atoms with E-state index in [1.165, 1.54) is 6.07 Å². The Morgan fingerprint density at radius 3 is 2.45 bits per heavy atom. The van der Waals surface area contributed by atoms with Gasteiger partial charge in [-0.2, -0.15) is 0 Å². The molecule has 1 aliphatic rings. The Morgan fingerprint density at radius 2 is 1.95 bits per heavy atom. The topological polar surface area (TPSA) is 40.5 Å². The molecule has 1 saturated heterocycles. The zero-order valence-corrected chi connectivity index (χ0v) is 12.1. The van der Waals surface area contributed by atoms with Crippen LogP contribution in [0.5, 0.6) is 0 Å². The van der Waals surface area contributed by atoms with E-state index in [2.05, 4.69) is 18.7 Å². The normalized spacial score (nSPS) is 19.2. The summed E-state index contributed by atoms with van der Waals surface area (Å²) in [5, 5.41) is 9.65. The second kappa shape index (κ2) is 5.92. The van der Waals surface area contributed by atoms with E-state index in [0.717, 1.165) is 6.54 Å². The van der Waals surface area contributed by atoms with Crippen LogP contribution in [0.3, 0.4) is 0 Å². The molecule has 0 unspecified atom stereocenters. The first-order valence-electron chi connectivity index (χ1n) is 7.16. The summed E-state index contributed by atoms with van der Waals surface area (Å²) in [6, 6.07) is 6.27. The van der Waals surface area contributed by atoms with Crippen molar-refractivity contribution in [2.24, 2.45) is 5.92 Å². The van der Waals surface area contributed by atoms with Crippen LogP contribution in [0.2, 0.25) is 0 Å². The van der Waals surface area contributed by atoms with Gasteiger partial charge in [0.05, 0.1) is 5.41 Å². The molecule has 0 radical (unpaired) electrons. The van der Waals surface area contributed by atoms with Crippen LogP contribution in [0.1, 0.15) is 32.3 Å². The van der Waals surface area contributed by atoms with Crippen molar-refractivity contribution in [2.75, 3.05) is 19.6 Å². The molecule has 3 nitrogen and oxygen atoms in total. The molecule has 1 aromatic rings. The molecule has 110 valence electrons. The molecule has 1 fully saturated rings. The lowest BCUT2D eigenvalue weighted by Crippen LogP contribution is -2.48. The highest BCUT2D eigenvalue weighted by atomic mass is 19.1. The van der Waals surface area contributed by atoms with Gasteiger partial charge in [0.1, 0.15) is 5.82 Å². The third-order valence-corrected chi connectivity index (χ3v) is 4.13. The quantitative estimate of drug-likeness (QED) is 0.921. The highest BCUT2D eigenvalue weighted by Gasteiger charge is 2.44. The van der Waals surface area contributed by atoms with Crippen LogP contribution in [0.25, 0.3) is 0 Å². The van der Waals surface area contributed by atoms with Crippen molar-refractivity contribution in [3.63, 3.8) is 0 Å². The van der Waals surface area contributed by atoms with Crippen molar-refractivity contribution >= 4 is 5.97 Å². The van der Waals surface area contributed by atoms with Gasteiger partial charge in [-0.3, -0.25) is 4.79 Å². The summed E-state index contributed by atoms with van der Waals surface area (Å²) in [5.41, 5.74) is -0.740. The summed E-state index contributed by atoms with van der Waals surface area (Å²) in [7, 11) is 0. The molecule has 1 N–H and O–H groups in total. The number of benzene rings is 1. The molecule has 0 spiro atoms. The Kier molecular flexibility index (Phi) is 4.43. The number of carboxylic acid groups (broad SMARTS) is 1. The summed E-state index contributed by atoms with van der Waals surface area (Å²) in [6.45, 7) is 6.68. The Hall–Kier alpha value is -1.42. The van der Waals surface area contributed by atoms with Gasteiger partial charge >= 0.3 is 5.97 Å². The van der Waals surface area contributed by atoms with E-state index >= 15 is 0 Å². The number of hydrogen-bond donors (Lipinski definition) is 1. The van der Waals surface area contributed by atoms with Crippen LogP contribution in [0, 0.1) is 11.7 Å². The first kappa shape index (κ1) is 15.0. The maximum Gasteiger partial charge on any atom is 0.314 e. The van der Waals surface area contributed by atoms with Crippen LogP contribution in [-0.4, -0.2) is 35.6 Å². The highest BCUT2D eigenvalue weighted by Crippen LogP contribution is 2.37. The number of halogens is 1. The third-order valence-electron chi connectivity index (χ3n) is 4.13. The maximum absolute atomic E-state index is 14.0. The van der Waals surface area contributed by atoms with Gasteiger partial charge in [0.25, 0.3) is 0 Å². The van der Waals surface area contributed by atoms with Crippen molar-refractivity contribution in [3.8, 4) is 0 Å². The summed E-state index contributed by atoms with van der Waals surface area (Å²) in [5.74, 6) is -0.764. The molecule has 0 aliphatic carbocycles. The highest BCUT2D eigenvalue weighted by molar-refractivity contribution is 5.81. The number of likely N-dealkylation sites (tertiary alicyclic amines) is 1. The number of piperidine rings is 1. The summed E-state index contributed by atoms with van der Waals surface area (Å²) in [4.78, 5) is 14.0. The standard InChI is InChI=1S/C16H22FNO2/c1-12(2)11-18-9-7-16(8-10-18,15(19)20)13-5-3-4-6-14(13)17/h3-6,12H,7-11H2,1-2H3,(H,19,20). The van der Waals surface area contributed by atoms with Crippen molar-refractivity contribution < 1.29 is 14.3 Å². The van der Waals surface area contributed by atoms with Crippen LogP contribution in [0.4, 0.5) is 4.39 Å². The zero-order valence-electron chi connectivity index (χ0n) is 12.1. The Bertz CT molecular complexity index is 479. The minimum absolute atomic E-state index is 0.330. The van der Waals surface area contributed by atoms with Gasteiger partial charge in [-0.25, -0.2) is 4.39 Å². The molecule has 1 heterocycles. The van der Waals surface area contributed by atoms with Gasteiger partial charge in [0, 0.05) is 12.1 Å². The van der Waals surface area contributed by atoms with Crippen molar-refractivity contribution in [3.05, 3.63) is 35.6 Å². The molecule has 20 heavy (non-hydrogen) atoms. The number of carboxylic acids is 1. The van der Waals surface area contributed by atoms with Crippen LogP contribution in [0.15, 0.2) is 24.3 Å². The van der Waals surface area contributed by atoms with Gasteiger partial charge < -0.3 is 10.0 Å². The molecular weight excluding hydrogens is 257 g/mol. The first-order valence-corrected chi connectivity index (χ1v) is 7.16. The Labute approximate surface area is 119 Å². The molecule has 1 aliphatic heterocycles. The molecule has 0 atom stereocenters. The van der Waals surface area contributed by atoms with Gasteiger partial charge in [0.2, 0.25) is 0 Å². The van der Waals surface area contributed by atoms with E-state index in [1.54, 1.807) is 18.2 Å². The fraction of sp³-hybridized carbons (Fsp3) is 0.562. The average Bonchev–Trinajstić information content (AvgIpc) is 2.39. The smallest absolute Gasteiger partial charge is 0.314 e. The van der Waals surface area contributed by atoms with Crippen molar-refractivity contribution in [2.45, 2.75) is 32.1 Å². The van der Waals surface area contributed by atoms with Crippen LogP contribution < -0.4 is 0 Å². The Balaban J connectivity index is 2.22. The van der Waals surface area contributed by atoms with E-state index in [1.807, 2.05) is 0 Å². The van der Waals surface area contributed by atoms with Crippen molar-refractivity contribution in [1.29, 1.82) is 0 Å².